The fourth-order valence-corrected chi connectivity index (χ4v) is 2.01. The van der Waals surface area contributed by atoms with Crippen LogP contribution in [0.3, 0.4) is 0 Å². The Morgan fingerprint density at radius 2 is 2.00 bits per heavy atom. The van der Waals surface area contributed by atoms with E-state index in [0.29, 0.717) is 12.2 Å². The van der Waals surface area contributed by atoms with Crippen molar-refractivity contribution in [3.63, 3.8) is 0 Å². The van der Waals surface area contributed by atoms with Gasteiger partial charge in [0.2, 0.25) is 0 Å². The predicted octanol–water partition coefficient (Wildman–Crippen LogP) is 2.24. The third-order valence-corrected chi connectivity index (χ3v) is 2.87. The van der Waals surface area contributed by atoms with Crippen LogP contribution in [-0.2, 0) is 11.3 Å². The number of hydrogen-bond donors (Lipinski definition) is 0. The second kappa shape index (κ2) is 5.65. The number of carbonyl (C=O) groups excluding carboxylic acids is 1. The first-order valence-corrected chi connectivity index (χ1v) is 6.19. The van der Waals surface area contributed by atoms with Crippen LogP contribution in [-0.4, -0.2) is 28.1 Å². The first kappa shape index (κ1) is 13.3. The van der Waals surface area contributed by atoms with Crippen LogP contribution in [0, 0.1) is 0 Å². The van der Waals surface area contributed by atoms with Crippen molar-refractivity contribution >= 4 is 5.97 Å². The van der Waals surface area contributed by atoms with Crippen molar-refractivity contribution in [3.05, 3.63) is 47.3 Å². The molecule has 0 radical (unpaired) electrons. The van der Waals surface area contributed by atoms with Crippen molar-refractivity contribution in [2.75, 3.05) is 7.11 Å². The lowest BCUT2D eigenvalue weighted by Crippen LogP contribution is -2.11. The van der Waals surface area contributed by atoms with Gasteiger partial charge in [0.1, 0.15) is 0 Å². The fourth-order valence-electron chi connectivity index (χ4n) is 2.01. The summed E-state index contributed by atoms with van der Waals surface area (Å²) in [5, 5.41) is 8.01. The molecular weight excluding hydrogens is 242 g/mol. The predicted molar refractivity (Wildman–Crippen MR) is 71.0 cm³/mol. The van der Waals surface area contributed by atoms with Crippen LogP contribution >= 0.6 is 0 Å². The molecule has 5 heteroatoms. The Bertz CT molecular complexity index is 561. The highest BCUT2D eigenvalue weighted by Crippen LogP contribution is 2.19. The Morgan fingerprint density at radius 1 is 1.32 bits per heavy atom. The third-order valence-electron chi connectivity index (χ3n) is 2.87. The van der Waals surface area contributed by atoms with E-state index in [9.17, 15) is 4.79 Å². The minimum atomic E-state index is -0.442. The van der Waals surface area contributed by atoms with Crippen molar-refractivity contribution in [2.45, 2.75) is 26.3 Å². The van der Waals surface area contributed by atoms with Gasteiger partial charge in [0.25, 0.3) is 0 Å². The summed E-state index contributed by atoms with van der Waals surface area (Å²) in [7, 11) is 1.35. The normalized spacial score (nSPS) is 10.7. The molecule has 0 aliphatic carbocycles. The second-order valence-corrected chi connectivity index (χ2v) is 4.61. The Morgan fingerprint density at radius 3 is 2.58 bits per heavy atom. The van der Waals surface area contributed by atoms with Gasteiger partial charge in [-0.05, 0) is 11.5 Å². The summed E-state index contributed by atoms with van der Waals surface area (Å²) in [6.45, 7) is 4.61. The summed E-state index contributed by atoms with van der Waals surface area (Å²) in [5.41, 5.74) is 2.22. The van der Waals surface area contributed by atoms with Gasteiger partial charge in [0, 0.05) is 0 Å². The van der Waals surface area contributed by atoms with Crippen LogP contribution in [0.2, 0.25) is 0 Å². The van der Waals surface area contributed by atoms with Gasteiger partial charge in [-0.25, -0.2) is 9.48 Å². The first-order valence-electron chi connectivity index (χ1n) is 6.19. The zero-order chi connectivity index (χ0) is 13.8. The summed E-state index contributed by atoms with van der Waals surface area (Å²) in [6, 6.07) is 9.95. The molecule has 0 bridgehead atoms. The van der Waals surface area contributed by atoms with Crippen LogP contribution in [0.5, 0.6) is 0 Å². The zero-order valence-corrected chi connectivity index (χ0v) is 11.3. The van der Waals surface area contributed by atoms with Gasteiger partial charge in [-0.3, -0.25) is 0 Å². The molecule has 2 aromatic rings. The second-order valence-electron chi connectivity index (χ2n) is 4.61. The minimum Gasteiger partial charge on any atom is -0.464 e. The molecule has 0 saturated carbocycles. The summed E-state index contributed by atoms with van der Waals surface area (Å²) >= 11 is 0. The molecule has 0 saturated heterocycles. The van der Waals surface area contributed by atoms with Crippen LogP contribution in [0.4, 0.5) is 0 Å². The van der Waals surface area contributed by atoms with Crippen LogP contribution in [0.15, 0.2) is 30.3 Å². The van der Waals surface area contributed by atoms with Crippen LogP contribution in [0.25, 0.3) is 0 Å². The fraction of sp³-hybridized carbons (Fsp3) is 0.357. The summed E-state index contributed by atoms with van der Waals surface area (Å²) in [5.74, 6) is -0.296. The van der Waals surface area contributed by atoms with Crippen molar-refractivity contribution < 1.29 is 9.53 Å². The van der Waals surface area contributed by atoms with E-state index in [0.717, 1.165) is 11.3 Å². The largest absolute Gasteiger partial charge is 0.464 e. The van der Waals surface area contributed by atoms with Gasteiger partial charge in [-0.15, -0.1) is 5.10 Å². The average Bonchev–Trinajstić information content (AvgIpc) is 2.83. The van der Waals surface area contributed by atoms with E-state index >= 15 is 0 Å². The number of aromatic nitrogens is 3. The molecule has 5 nitrogen and oxygen atoms in total. The monoisotopic (exact) mass is 259 g/mol. The molecule has 0 N–H and O–H groups in total. The molecule has 0 fully saturated rings. The lowest BCUT2D eigenvalue weighted by atomic mass is 10.1. The van der Waals surface area contributed by atoms with E-state index in [1.165, 1.54) is 7.11 Å². The number of benzene rings is 1. The highest BCUT2D eigenvalue weighted by Gasteiger charge is 2.22. The lowest BCUT2D eigenvalue weighted by Gasteiger charge is -2.10. The Hall–Kier alpha value is -2.17. The van der Waals surface area contributed by atoms with E-state index < -0.39 is 5.97 Å². The molecular formula is C14H17N3O2. The number of rotatable bonds is 4. The first-order chi connectivity index (χ1) is 9.13. The topological polar surface area (TPSA) is 57.0 Å². The molecule has 0 aliphatic rings. The number of methoxy groups -OCH3 is 1. The van der Waals surface area contributed by atoms with E-state index in [-0.39, 0.29) is 5.92 Å². The van der Waals surface area contributed by atoms with Crippen LogP contribution < -0.4 is 0 Å². The molecule has 0 unspecified atom stereocenters. The van der Waals surface area contributed by atoms with Gasteiger partial charge >= 0.3 is 5.97 Å². The number of carbonyl (C=O) groups is 1. The van der Waals surface area contributed by atoms with E-state index in [1.54, 1.807) is 4.68 Å². The van der Waals surface area contributed by atoms with Crippen molar-refractivity contribution in [1.29, 1.82) is 0 Å². The molecule has 0 amide bonds. The Labute approximate surface area is 112 Å². The lowest BCUT2D eigenvalue weighted by molar-refractivity contribution is 0.0592. The average molecular weight is 259 g/mol. The summed E-state index contributed by atoms with van der Waals surface area (Å²) in [6.07, 6.45) is 0. The highest BCUT2D eigenvalue weighted by atomic mass is 16.5. The van der Waals surface area contributed by atoms with Gasteiger partial charge in [0.05, 0.1) is 19.3 Å². The number of hydrogen-bond acceptors (Lipinski definition) is 4. The van der Waals surface area contributed by atoms with E-state index in [2.05, 4.69) is 10.3 Å². The third kappa shape index (κ3) is 2.81. The molecule has 100 valence electrons. The molecule has 19 heavy (non-hydrogen) atoms. The zero-order valence-electron chi connectivity index (χ0n) is 11.3. The van der Waals surface area contributed by atoms with E-state index in [1.807, 2.05) is 44.2 Å². The smallest absolute Gasteiger partial charge is 0.360 e. The molecule has 0 aliphatic heterocycles. The Balaban J connectivity index is 2.36. The standard InChI is InChI=1S/C14H17N3O2/c1-10(2)13-12(14(18)19-3)15-16-17(13)9-11-7-5-4-6-8-11/h4-8,10H,9H2,1-3H3. The molecule has 1 aromatic carbocycles. The maximum Gasteiger partial charge on any atom is 0.360 e. The molecule has 2 rings (SSSR count). The van der Waals surface area contributed by atoms with E-state index in [4.69, 9.17) is 4.74 Å². The maximum atomic E-state index is 11.7. The van der Waals surface area contributed by atoms with Gasteiger partial charge in [0.15, 0.2) is 5.69 Å². The number of esters is 1. The quantitative estimate of drug-likeness (QED) is 0.790. The highest BCUT2D eigenvalue weighted by molar-refractivity contribution is 5.88. The minimum absolute atomic E-state index is 0.146. The SMILES string of the molecule is COC(=O)c1nnn(Cc2ccccc2)c1C(C)C. The molecule has 0 atom stereocenters. The summed E-state index contributed by atoms with van der Waals surface area (Å²) < 4.78 is 6.49. The van der Waals surface area contributed by atoms with Crippen molar-refractivity contribution in [1.82, 2.24) is 15.0 Å². The van der Waals surface area contributed by atoms with Gasteiger partial charge in [-0.1, -0.05) is 49.4 Å². The van der Waals surface area contributed by atoms with Gasteiger partial charge in [-0.2, -0.15) is 0 Å². The van der Waals surface area contributed by atoms with Crippen LogP contribution in [0.1, 0.15) is 41.5 Å². The number of ether oxygens (including phenoxy) is 1. The van der Waals surface area contributed by atoms with Crippen molar-refractivity contribution in [3.8, 4) is 0 Å². The Kier molecular flexibility index (Phi) is 3.94. The maximum absolute atomic E-state index is 11.7. The molecule has 0 spiro atoms. The molecule has 1 aromatic heterocycles. The van der Waals surface area contributed by atoms with Gasteiger partial charge < -0.3 is 4.74 Å². The number of nitrogens with zero attached hydrogens (tertiary/aromatic N) is 3. The molecule has 1 heterocycles. The van der Waals surface area contributed by atoms with Crippen molar-refractivity contribution in [2.24, 2.45) is 0 Å². The summed E-state index contributed by atoms with van der Waals surface area (Å²) in [4.78, 5) is 11.7.